The van der Waals surface area contributed by atoms with Crippen molar-refractivity contribution in [2.45, 2.75) is 249 Å². The highest BCUT2D eigenvalue weighted by atomic mass is 31.2. The Kier molecular flexibility index (Phi) is 32.7. The fourth-order valence-corrected chi connectivity index (χ4v) is 8.20. The third-order valence-electron chi connectivity index (χ3n) is 10.9. The van der Waals surface area contributed by atoms with E-state index in [-0.39, 0.29) is 12.8 Å². The van der Waals surface area contributed by atoms with E-state index < -0.39 is 75.7 Å². The molecule has 6 unspecified atom stereocenters. The summed E-state index contributed by atoms with van der Waals surface area (Å²) >= 11 is 0. The normalized spacial score (nSPS) is 22.6. The number of hydrogen-bond donors (Lipinski definition) is 6. The molecule has 0 aromatic carbocycles. The first-order valence-electron chi connectivity index (χ1n) is 22.8. The molecule has 1 aliphatic carbocycles. The lowest BCUT2D eigenvalue weighted by atomic mass is 9.85. The monoisotopic (exact) mass is 839 g/mol. The number of carbonyl (C=O) groups excluding carboxylic acids is 2. The average Bonchev–Trinajstić information content (AvgIpc) is 3.19. The lowest BCUT2D eigenvalue weighted by Gasteiger charge is -2.41. The second kappa shape index (κ2) is 34.6. The SMILES string of the molecule is CCCCCCCCCCCCCCCCCCCCCC(=O)OC[C@H](COP(=O)(O)OC1C(O)C(O)C(O)[C@@H](O)C1O)OC(=O)CCCCCCCCCCC. The molecular weight excluding hydrogens is 755 g/mol. The molecule has 0 bridgehead atoms. The van der Waals surface area contributed by atoms with Crippen LogP contribution in [0.15, 0.2) is 0 Å². The minimum Gasteiger partial charge on any atom is -0.462 e. The largest absolute Gasteiger partial charge is 0.472 e. The number of carbonyl (C=O) groups is 2. The van der Waals surface area contributed by atoms with Crippen LogP contribution in [0.1, 0.15) is 206 Å². The zero-order valence-corrected chi connectivity index (χ0v) is 36.6. The molecule has 0 aromatic heterocycles. The predicted octanol–water partition coefficient (Wildman–Crippen LogP) is 8.50. The molecule has 0 aromatic rings. The molecule has 1 fully saturated rings. The van der Waals surface area contributed by atoms with Crippen LogP contribution >= 0.6 is 7.82 Å². The Bertz CT molecular complexity index is 1020. The van der Waals surface area contributed by atoms with Gasteiger partial charge in [0.25, 0.3) is 0 Å². The van der Waals surface area contributed by atoms with Gasteiger partial charge in [0.05, 0.1) is 6.61 Å². The number of phosphoric ester groups is 1. The molecular formula is C43H83O13P. The molecule has 14 heteroatoms. The highest BCUT2D eigenvalue weighted by Gasteiger charge is 2.51. The van der Waals surface area contributed by atoms with Crippen LogP contribution in [0.25, 0.3) is 0 Å². The van der Waals surface area contributed by atoms with Crippen LogP contribution in [0.3, 0.4) is 0 Å². The maximum Gasteiger partial charge on any atom is 0.472 e. The van der Waals surface area contributed by atoms with Gasteiger partial charge in [0.15, 0.2) is 6.10 Å². The average molecular weight is 839 g/mol. The molecule has 0 saturated heterocycles. The van der Waals surface area contributed by atoms with Crippen LogP contribution in [0.4, 0.5) is 0 Å². The van der Waals surface area contributed by atoms with Crippen molar-refractivity contribution in [1.29, 1.82) is 0 Å². The van der Waals surface area contributed by atoms with Crippen LogP contribution in [-0.2, 0) is 32.7 Å². The second-order valence-corrected chi connectivity index (χ2v) is 17.7. The standard InChI is InChI=1S/C43H83O13P/c1-3-5-7-9-11-13-14-15-16-17-18-19-20-21-22-24-25-27-29-31-36(44)53-33-35(55-37(45)32-30-28-26-23-12-10-8-6-4-2)34-54-57(51,52)56-43-41(49)39(47)38(46)40(48)42(43)50/h35,38-43,46-50H,3-34H2,1-2H3,(H,51,52)/t35-,38?,39-,40?,41?,42?,43?/m1/s1. The number of aliphatic hydroxyl groups excluding tert-OH is 5. The van der Waals surface area contributed by atoms with Crippen molar-refractivity contribution < 1.29 is 63.1 Å². The number of hydrogen-bond acceptors (Lipinski definition) is 12. The number of aliphatic hydroxyl groups is 5. The molecule has 13 nitrogen and oxygen atoms in total. The molecule has 1 rings (SSSR count). The summed E-state index contributed by atoms with van der Waals surface area (Å²) in [5.74, 6) is -1.09. The molecule has 0 amide bonds. The Labute approximate surface area is 344 Å². The number of phosphoric acid groups is 1. The first-order chi connectivity index (χ1) is 27.4. The number of esters is 2. The molecule has 6 N–H and O–H groups in total. The van der Waals surface area contributed by atoms with E-state index in [4.69, 9.17) is 18.5 Å². The van der Waals surface area contributed by atoms with E-state index >= 15 is 0 Å². The molecule has 338 valence electrons. The smallest absolute Gasteiger partial charge is 0.462 e. The highest BCUT2D eigenvalue weighted by Crippen LogP contribution is 2.47. The second-order valence-electron chi connectivity index (χ2n) is 16.3. The Morgan fingerprint density at radius 3 is 1.16 bits per heavy atom. The highest BCUT2D eigenvalue weighted by molar-refractivity contribution is 7.47. The Balaban J connectivity index is 2.38. The van der Waals surface area contributed by atoms with Crippen molar-refractivity contribution >= 4 is 19.8 Å². The van der Waals surface area contributed by atoms with Gasteiger partial charge in [-0.25, -0.2) is 4.57 Å². The zero-order valence-electron chi connectivity index (χ0n) is 35.7. The van der Waals surface area contributed by atoms with Gasteiger partial charge in [-0.3, -0.25) is 18.6 Å². The quantitative estimate of drug-likeness (QED) is 0.0196. The van der Waals surface area contributed by atoms with Gasteiger partial charge < -0.3 is 39.9 Å². The van der Waals surface area contributed by atoms with Gasteiger partial charge in [-0.2, -0.15) is 0 Å². The zero-order chi connectivity index (χ0) is 42.2. The minimum absolute atomic E-state index is 0.103. The van der Waals surface area contributed by atoms with Crippen LogP contribution in [0, 0.1) is 0 Å². The molecule has 0 radical (unpaired) electrons. The molecule has 1 saturated carbocycles. The van der Waals surface area contributed by atoms with E-state index in [1.165, 1.54) is 122 Å². The van der Waals surface area contributed by atoms with Crippen molar-refractivity contribution in [3.63, 3.8) is 0 Å². The van der Waals surface area contributed by atoms with E-state index in [2.05, 4.69) is 13.8 Å². The summed E-state index contributed by atoms with van der Waals surface area (Å²) in [5, 5.41) is 50.0. The molecule has 1 aliphatic rings. The Morgan fingerprint density at radius 2 is 0.789 bits per heavy atom. The van der Waals surface area contributed by atoms with Gasteiger partial charge in [0, 0.05) is 12.8 Å². The van der Waals surface area contributed by atoms with Gasteiger partial charge in [-0.15, -0.1) is 0 Å². The summed E-state index contributed by atoms with van der Waals surface area (Å²) in [7, 11) is -5.10. The van der Waals surface area contributed by atoms with Crippen LogP contribution < -0.4 is 0 Å². The summed E-state index contributed by atoms with van der Waals surface area (Å²) in [6.45, 7) is 3.28. The summed E-state index contributed by atoms with van der Waals surface area (Å²) < 4.78 is 33.4. The number of rotatable bonds is 38. The number of ether oxygens (including phenoxy) is 2. The Morgan fingerprint density at radius 1 is 0.474 bits per heavy atom. The Hall–Kier alpha value is -1.15. The summed E-state index contributed by atoms with van der Waals surface area (Å²) in [4.78, 5) is 35.5. The first-order valence-corrected chi connectivity index (χ1v) is 24.3. The molecule has 0 heterocycles. The van der Waals surface area contributed by atoms with Crippen molar-refractivity contribution in [2.75, 3.05) is 13.2 Å². The first kappa shape index (κ1) is 53.9. The molecule has 0 spiro atoms. The fourth-order valence-electron chi connectivity index (χ4n) is 7.23. The lowest BCUT2D eigenvalue weighted by molar-refractivity contribution is -0.220. The van der Waals surface area contributed by atoms with Gasteiger partial charge in [0.1, 0.15) is 43.2 Å². The van der Waals surface area contributed by atoms with Crippen LogP contribution in [0.2, 0.25) is 0 Å². The third kappa shape index (κ3) is 27.3. The van der Waals surface area contributed by atoms with Gasteiger partial charge >= 0.3 is 19.8 Å². The topological polar surface area (TPSA) is 210 Å². The van der Waals surface area contributed by atoms with Gasteiger partial charge in [-0.05, 0) is 12.8 Å². The molecule has 8 atom stereocenters. The van der Waals surface area contributed by atoms with Crippen molar-refractivity contribution in [3.8, 4) is 0 Å². The van der Waals surface area contributed by atoms with E-state index in [0.717, 1.165) is 44.9 Å². The summed E-state index contributed by atoms with van der Waals surface area (Å²) in [6.07, 6.45) is 20.4. The molecule has 0 aliphatic heterocycles. The number of unbranched alkanes of at least 4 members (excludes halogenated alkanes) is 26. The molecule has 57 heavy (non-hydrogen) atoms. The van der Waals surface area contributed by atoms with Gasteiger partial charge in [0.2, 0.25) is 0 Å². The summed E-state index contributed by atoms with van der Waals surface area (Å²) in [6, 6.07) is 0. The van der Waals surface area contributed by atoms with E-state index in [0.29, 0.717) is 12.8 Å². The van der Waals surface area contributed by atoms with E-state index in [1.807, 2.05) is 0 Å². The van der Waals surface area contributed by atoms with Crippen LogP contribution in [-0.4, -0.2) is 98.3 Å². The maximum atomic E-state index is 12.8. The third-order valence-corrected chi connectivity index (χ3v) is 11.9. The van der Waals surface area contributed by atoms with Crippen molar-refractivity contribution in [2.24, 2.45) is 0 Å². The minimum atomic E-state index is -5.10. The summed E-state index contributed by atoms with van der Waals surface area (Å²) in [5.41, 5.74) is 0. The van der Waals surface area contributed by atoms with Crippen molar-refractivity contribution in [3.05, 3.63) is 0 Å². The predicted molar refractivity (Wildman–Crippen MR) is 221 cm³/mol. The van der Waals surface area contributed by atoms with Gasteiger partial charge in [-0.1, -0.05) is 181 Å². The van der Waals surface area contributed by atoms with E-state index in [9.17, 15) is 44.6 Å². The lowest BCUT2D eigenvalue weighted by Crippen LogP contribution is -2.64. The van der Waals surface area contributed by atoms with Crippen molar-refractivity contribution in [1.82, 2.24) is 0 Å². The fraction of sp³-hybridized carbons (Fsp3) is 0.953. The maximum absolute atomic E-state index is 12.8. The van der Waals surface area contributed by atoms with E-state index in [1.54, 1.807) is 0 Å². The van der Waals surface area contributed by atoms with Crippen LogP contribution in [0.5, 0.6) is 0 Å².